The quantitative estimate of drug-likeness (QED) is 0.355. The smallest absolute Gasteiger partial charge is 0.255 e. The number of sulfonamides is 1. The molecular formula is C27H32N6O4S. The van der Waals surface area contributed by atoms with Crippen LogP contribution in [0.4, 0.5) is 17.1 Å². The largest absolute Gasteiger partial charge is 0.492 e. The number of nitrogens with zero attached hydrogens (tertiary/aromatic N) is 2. The van der Waals surface area contributed by atoms with Gasteiger partial charge < -0.3 is 15.5 Å². The van der Waals surface area contributed by atoms with Crippen LogP contribution < -0.4 is 30.7 Å². The van der Waals surface area contributed by atoms with Gasteiger partial charge in [-0.1, -0.05) is 26.8 Å². The molecule has 1 aliphatic heterocycles. The summed E-state index contributed by atoms with van der Waals surface area (Å²) in [7, 11) is -2.16. The third-order valence-electron chi connectivity index (χ3n) is 5.99. The number of hydrogen-bond donors (Lipinski definition) is 4. The molecule has 0 aliphatic carbocycles. The minimum atomic E-state index is -3.58. The fourth-order valence-electron chi connectivity index (χ4n) is 3.98. The second-order valence-corrected chi connectivity index (χ2v) is 11.8. The Labute approximate surface area is 223 Å². The van der Waals surface area contributed by atoms with E-state index in [0.717, 1.165) is 34.3 Å². The van der Waals surface area contributed by atoms with E-state index in [1.54, 1.807) is 41.7 Å². The lowest BCUT2D eigenvalue weighted by Crippen LogP contribution is -2.36. The molecule has 0 saturated carbocycles. The molecule has 10 nitrogen and oxygen atoms in total. The van der Waals surface area contributed by atoms with Crippen molar-refractivity contribution in [2.75, 3.05) is 28.4 Å². The lowest BCUT2D eigenvalue weighted by Gasteiger charge is -2.24. The van der Waals surface area contributed by atoms with Gasteiger partial charge in [0.15, 0.2) is 5.75 Å². The Bertz CT molecular complexity index is 1500. The van der Waals surface area contributed by atoms with Crippen molar-refractivity contribution in [3.63, 3.8) is 0 Å². The number of anilines is 3. The number of aromatic nitrogens is 1. The number of benzene rings is 2. The van der Waals surface area contributed by atoms with Gasteiger partial charge in [0.1, 0.15) is 0 Å². The van der Waals surface area contributed by atoms with Crippen LogP contribution in [0.15, 0.2) is 61.1 Å². The molecule has 2 heterocycles. The molecular weight excluding hydrogens is 504 g/mol. The van der Waals surface area contributed by atoms with Gasteiger partial charge in [-0.3, -0.25) is 19.5 Å². The Kier molecular flexibility index (Phi) is 7.34. The maximum atomic E-state index is 13.4. The van der Waals surface area contributed by atoms with E-state index >= 15 is 0 Å². The first-order valence-electron chi connectivity index (χ1n) is 11.9. The standard InChI is InChI=1S/C27H32N6O4S/c1-17-7-8-19(13-24(17)33-16-23(30-32-33)18-9-11-28-12-10-18)26(34)29-21-14-20(27(2,3)4)15-22(25(21)37-5)31-38(6,35)36/h7-16,30-32H,1-6H3,(H,29,34). The molecule has 1 amide bonds. The van der Waals surface area contributed by atoms with Crippen LogP contribution in [0.5, 0.6) is 5.75 Å². The van der Waals surface area contributed by atoms with Gasteiger partial charge in [-0.15, -0.1) is 5.53 Å². The third-order valence-corrected chi connectivity index (χ3v) is 6.58. The molecule has 200 valence electrons. The van der Waals surface area contributed by atoms with Crippen molar-refractivity contribution < 1.29 is 17.9 Å². The number of ether oxygens (including phenoxy) is 1. The Balaban J connectivity index is 1.67. The number of pyridine rings is 1. The van der Waals surface area contributed by atoms with Crippen LogP contribution in [0.25, 0.3) is 5.70 Å². The molecule has 0 radical (unpaired) electrons. The number of carbonyl (C=O) groups is 1. The molecule has 11 heteroatoms. The maximum Gasteiger partial charge on any atom is 0.255 e. The zero-order valence-corrected chi connectivity index (χ0v) is 23.0. The molecule has 1 aliphatic rings. The molecule has 3 aromatic rings. The fourth-order valence-corrected chi connectivity index (χ4v) is 4.53. The van der Waals surface area contributed by atoms with Crippen molar-refractivity contribution >= 4 is 38.7 Å². The second-order valence-electron chi connectivity index (χ2n) is 10.1. The number of methoxy groups -OCH3 is 1. The minimum Gasteiger partial charge on any atom is -0.492 e. The summed E-state index contributed by atoms with van der Waals surface area (Å²) >= 11 is 0. The highest BCUT2D eigenvalue weighted by molar-refractivity contribution is 7.92. The van der Waals surface area contributed by atoms with Crippen LogP contribution >= 0.6 is 0 Å². The molecule has 1 aromatic heterocycles. The van der Waals surface area contributed by atoms with Crippen LogP contribution in [0.3, 0.4) is 0 Å². The Morgan fingerprint density at radius 2 is 1.74 bits per heavy atom. The van der Waals surface area contributed by atoms with Gasteiger partial charge in [-0.25, -0.2) is 8.42 Å². The first-order valence-corrected chi connectivity index (χ1v) is 13.8. The molecule has 0 saturated heterocycles. The summed E-state index contributed by atoms with van der Waals surface area (Å²) < 4.78 is 32.1. The lowest BCUT2D eigenvalue weighted by atomic mass is 9.86. The van der Waals surface area contributed by atoms with E-state index in [1.807, 2.05) is 52.1 Å². The summed E-state index contributed by atoms with van der Waals surface area (Å²) in [5.74, 6) is -0.147. The Morgan fingerprint density at radius 1 is 1.05 bits per heavy atom. The van der Waals surface area contributed by atoms with Gasteiger partial charge >= 0.3 is 0 Å². The summed E-state index contributed by atoms with van der Waals surface area (Å²) in [4.78, 5) is 17.5. The van der Waals surface area contributed by atoms with E-state index in [4.69, 9.17) is 4.74 Å². The first kappa shape index (κ1) is 27.0. The molecule has 2 aromatic carbocycles. The Hall–Kier alpha value is -4.09. The number of aryl methyl sites for hydroxylation is 1. The molecule has 4 N–H and O–H groups in total. The average molecular weight is 537 g/mol. The summed E-state index contributed by atoms with van der Waals surface area (Å²) in [6.07, 6.45) is 6.41. The van der Waals surface area contributed by atoms with E-state index < -0.39 is 10.0 Å². The number of carbonyl (C=O) groups excluding carboxylic acids is 1. The molecule has 0 fully saturated rings. The third kappa shape index (κ3) is 6.06. The van der Waals surface area contributed by atoms with Crippen molar-refractivity contribution in [2.24, 2.45) is 0 Å². The molecule has 0 bridgehead atoms. The van der Waals surface area contributed by atoms with Crippen LogP contribution in [0.2, 0.25) is 0 Å². The summed E-state index contributed by atoms with van der Waals surface area (Å²) in [5.41, 5.74) is 11.3. The van der Waals surface area contributed by atoms with Gasteiger partial charge in [-0.05, 0) is 59.9 Å². The molecule has 4 rings (SSSR count). The highest BCUT2D eigenvalue weighted by Crippen LogP contribution is 2.39. The van der Waals surface area contributed by atoms with Gasteiger partial charge in [-0.2, -0.15) is 0 Å². The van der Waals surface area contributed by atoms with Crippen molar-refractivity contribution in [2.45, 2.75) is 33.1 Å². The summed E-state index contributed by atoms with van der Waals surface area (Å²) in [6, 6.07) is 12.7. The number of hydrogen-bond acceptors (Lipinski definition) is 8. The lowest BCUT2D eigenvalue weighted by molar-refractivity contribution is 0.102. The van der Waals surface area contributed by atoms with E-state index in [0.29, 0.717) is 11.3 Å². The van der Waals surface area contributed by atoms with Gasteiger partial charge in [0, 0.05) is 29.7 Å². The van der Waals surface area contributed by atoms with Gasteiger partial charge in [0.25, 0.3) is 5.91 Å². The van der Waals surface area contributed by atoms with Crippen molar-refractivity contribution in [3.8, 4) is 5.75 Å². The topological polar surface area (TPSA) is 125 Å². The predicted octanol–water partition coefficient (Wildman–Crippen LogP) is 4.15. The molecule has 0 spiro atoms. The molecule has 38 heavy (non-hydrogen) atoms. The van der Waals surface area contributed by atoms with E-state index in [-0.39, 0.29) is 22.8 Å². The average Bonchev–Trinajstić information content (AvgIpc) is 3.33. The highest BCUT2D eigenvalue weighted by Gasteiger charge is 2.23. The van der Waals surface area contributed by atoms with E-state index in [1.165, 1.54) is 7.11 Å². The molecule has 0 atom stereocenters. The fraction of sp³-hybridized carbons (Fsp3) is 0.259. The predicted molar refractivity (Wildman–Crippen MR) is 150 cm³/mol. The number of amides is 1. The van der Waals surface area contributed by atoms with Crippen molar-refractivity contribution in [3.05, 3.63) is 83.3 Å². The first-order chi connectivity index (χ1) is 17.9. The zero-order chi connectivity index (χ0) is 27.7. The summed E-state index contributed by atoms with van der Waals surface area (Å²) in [5, 5.41) is 4.72. The van der Waals surface area contributed by atoms with Crippen LogP contribution in [0.1, 0.15) is 47.8 Å². The monoisotopic (exact) mass is 536 g/mol. The van der Waals surface area contributed by atoms with E-state index in [9.17, 15) is 13.2 Å². The maximum absolute atomic E-state index is 13.4. The number of rotatable bonds is 7. The number of hydrazine groups is 2. The normalized spacial score (nSPS) is 13.5. The van der Waals surface area contributed by atoms with Crippen molar-refractivity contribution in [1.29, 1.82) is 0 Å². The van der Waals surface area contributed by atoms with Crippen LogP contribution in [-0.4, -0.2) is 32.7 Å². The van der Waals surface area contributed by atoms with Crippen LogP contribution in [-0.2, 0) is 15.4 Å². The van der Waals surface area contributed by atoms with Crippen LogP contribution in [0, 0.1) is 6.92 Å². The van der Waals surface area contributed by atoms with Gasteiger partial charge in [0.2, 0.25) is 10.0 Å². The van der Waals surface area contributed by atoms with Gasteiger partial charge in [0.05, 0.1) is 36.1 Å². The number of nitrogens with one attached hydrogen (secondary N) is 4. The zero-order valence-electron chi connectivity index (χ0n) is 22.2. The second kappa shape index (κ2) is 10.3. The minimum absolute atomic E-state index is 0.222. The van der Waals surface area contributed by atoms with E-state index in [2.05, 4.69) is 26.0 Å². The SMILES string of the molecule is COc1c(NC(=O)c2ccc(C)c(N3C=C(c4ccncc4)NN3)c2)cc(C(C)(C)C)cc1NS(C)(=O)=O. The van der Waals surface area contributed by atoms with Crippen molar-refractivity contribution in [1.82, 2.24) is 15.9 Å². The summed E-state index contributed by atoms with van der Waals surface area (Å²) in [6.45, 7) is 7.96. The highest BCUT2D eigenvalue weighted by atomic mass is 32.2. The Morgan fingerprint density at radius 3 is 2.37 bits per heavy atom. The molecule has 0 unspecified atom stereocenters.